The van der Waals surface area contributed by atoms with Crippen molar-refractivity contribution in [3.63, 3.8) is 0 Å². The van der Waals surface area contributed by atoms with Crippen LogP contribution in [0.25, 0.3) is 10.9 Å². The molecule has 0 spiro atoms. The van der Waals surface area contributed by atoms with Crippen molar-refractivity contribution < 1.29 is 4.79 Å². The predicted molar refractivity (Wildman–Crippen MR) is 65.0 cm³/mol. The van der Waals surface area contributed by atoms with Crippen LogP contribution >= 0.6 is 0 Å². The van der Waals surface area contributed by atoms with Gasteiger partial charge >= 0.3 is 0 Å². The summed E-state index contributed by atoms with van der Waals surface area (Å²) in [5.74, 6) is 0.711. The second kappa shape index (κ2) is 3.21. The Bertz CT molecular complexity index is 578. The van der Waals surface area contributed by atoms with Crippen molar-refractivity contribution in [2.24, 2.45) is 0 Å². The maximum absolute atomic E-state index is 11.9. The highest BCUT2D eigenvalue weighted by Crippen LogP contribution is 2.35. The van der Waals surface area contributed by atoms with Crippen LogP contribution in [0, 0.1) is 0 Å². The van der Waals surface area contributed by atoms with Crippen molar-refractivity contribution in [1.29, 1.82) is 0 Å². The average Bonchev–Trinajstić information content (AvgIpc) is 2.77. The Labute approximate surface area is 94.9 Å². The molecule has 3 rings (SSSR count). The Morgan fingerprint density at radius 3 is 2.75 bits per heavy atom. The molecule has 1 aliphatic rings. The zero-order valence-electron chi connectivity index (χ0n) is 9.66. The third-order valence-electron chi connectivity index (χ3n) is 3.41. The number of benzene rings is 1. The summed E-state index contributed by atoms with van der Waals surface area (Å²) >= 11 is 0. The number of nitrogens with zero attached hydrogens (tertiary/aromatic N) is 1. The van der Waals surface area contributed by atoms with Gasteiger partial charge in [-0.2, -0.15) is 0 Å². The van der Waals surface area contributed by atoms with Crippen molar-refractivity contribution in [2.75, 3.05) is 0 Å². The van der Waals surface area contributed by atoms with E-state index in [9.17, 15) is 4.79 Å². The zero-order valence-corrected chi connectivity index (χ0v) is 9.66. The number of Topliss-reactive ketones (excluding diaryl/α,β-unsaturated/α-hetero) is 1. The van der Waals surface area contributed by atoms with E-state index in [2.05, 4.69) is 36.6 Å². The lowest BCUT2D eigenvalue weighted by atomic mass is 9.97. The van der Waals surface area contributed by atoms with E-state index in [-0.39, 0.29) is 0 Å². The third-order valence-corrected chi connectivity index (χ3v) is 3.41. The summed E-state index contributed by atoms with van der Waals surface area (Å²) in [6.07, 6.45) is 0.667. The Hall–Kier alpha value is -1.57. The number of hydrogen-bond donors (Lipinski definition) is 0. The minimum Gasteiger partial charge on any atom is -0.337 e. The van der Waals surface area contributed by atoms with Gasteiger partial charge in [0.2, 0.25) is 0 Å². The number of ketones is 1. The van der Waals surface area contributed by atoms with Gasteiger partial charge < -0.3 is 4.57 Å². The molecular formula is C14H15NO. The number of rotatable bonds is 1. The number of para-hydroxylation sites is 1. The highest BCUT2D eigenvalue weighted by atomic mass is 16.1. The van der Waals surface area contributed by atoms with E-state index in [1.807, 2.05) is 6.07 Å². The molecule has 0 N–H and O–H groups in total. The lowest BCUT2D eigenvalue weighted by molar-refractivity contribution is 0.0993. The lowest BCUT2D eigenvalue weighted by Gasteiger charge is -2.05. The number of aryl methyl sites for hydroxylation is 1. The monoisotopic (exact) mass is 213 g/mol. The summed E-state index contributed by atoms with van der Waals surface area (Å²) in [6.45, 7) is 5.17. The molecule has 0 aliphatic carbocycles. The number of fused-ring (bicyclic) bond motifs is 3. The molecule has 2 aromatic rings. The average molecular weight is 213 g/mol. The van der Waals surface area contributed by atoms with Crippen molar-refractivity contribution >= 4 is 16.7 Å². The molecule has 1 aromatic heterocycles. The van der Waals surface area contributed by atoms with Gasteiger partial charge in [0.15, 0.2) is 5.78 Å². The molecule has 0 atom stereocenters. The fourth-order valence-corrected chi connectivity index (χ4v) is 2.78. The van der Waals surface area contributed by atoms with Gasteiger partial charge in [-0.25, -0.2) is 0 Å². The molecular weight excluding hydrogens is 198 g/mol. The molecule has 0 amide bonds. The largest absolute Gasteiger partial charge is 0.337 e. The second-order valence-electron chi connectivity index (χ2n) is 4.76. The van der Waals surface area contributed by atoms with E-state index in [0.717, 1.165) is 12.2 Å². The summed E-state index contributed by atoms with van der Waals surface area (Å²) in [4.78, 5) is 11.9. The van der Waals surface area contributed by atoms with Crippen LogP contribution in [-0.2, 0) is 6.54 Å². The summed E-state index contributed by atoms with van der Waals surface area (Å²) in [6, 6.07) is 8.34. The molecule has 0 saturated carbocycles. The molecule has 1 aromatic carbocycles. The van der Waals surface area contributed by atoms with E-state index >= 15 is 0 Å². The van der Waals surface area contributed by atoms with E-state index in [1.54, 1.807) is 0 Å². The van der Waals surface area contributed by atoms with Crippen LogP contribution in [0.15, 0.2) is 24.3 Å². The SMILES string of the molecule is CC(C)c1c2n(c3ccccc13)CCC2=O. The number of carbonyl (C=O) groups is 1. The molecule has 82 valence electrons. The minimum absolute atomic E-state index is 0.305. The first-order valence-electron chi connectivity index (χ1n) is 5.84. The highest BCUT2D eigenvalue weighted by Gasteiger charge is 2.28. The quantitative estimate of drug-likeness (QED) is 0.712. The van der Waals surface area contributed by atoms with Gasteiger partial charge in [-0.3, -0.25) is 4.79 Å². The predicted octanol–water partition coefficient (Wildman–Crippen LogP) is 3.35. The molecule has 16 heavy (non-hydrogen) atoms. The molecule has 2 nitrogen and oxygen atoms in total. The first-order chi connectivity index (χ1) is 7.70. The minimum atomic E-state index is 0.305. The van der Waals surface area contributed by atoms with E-state index in [1.165, 1.54) is 16.5 Å². The van der Waals surface area contributed by atoms with Gasteiger partial charge in [0.1, 0.15) is 0 Å². The van der Waals surface area contributed by atoms with E-state index in [4.69, 9.17) is 0 Å². The Morgan fingerprint density at radius 1 is 1.25 bits per heavy atom. The number of hydrogen-bond acceptors (Lipinski definition) is 1. The summed E-state index contributed by atoms with van der Waals surface area (Å²) < 4.78 is 2.19. The fraction of sp³-hybridized carbons (Fsp3) is 0.357. The van der Waals surface area contributed by atoms with Crippen LogP contribution in [0.4, 0.5) is 0 Å². The van der Waals surface area contributed by atoms with Crippen LogP contribution in [0.5, 0.6) is 0 Å². The Kier molecular flexibility index (Phi) is 1.93. The molecule has 2 heterocycles. The Morgan fingerprint density at radius 2 is 2.00 bits per heavy atom. The first-order valence-corrected chi connectivity index (χ1v) is 5.84. The fourth-order valence-electron chi connectivity index (χ4n) is 2.78. The van der Waals surface area contributed by atoms with Crippen LogP contribution in [0.3, 0.4) is 0 Å². The summed E-state index contributed by atoms with van der Waals surface area (Å²) in [7, 11) is 0. The van der Waals surface area contributed by atoms with Gasteiger partial charge in [-0.05, 0) is 17.5 Å². The highest BCUT2D eigenvalue weighted by molar-refractivity contribution is 6.05. The molecule has 0 bridgehead atoms. The smallest absolute Gasteiger partial charge is 0.181 e. The van der Waals surface area contributed by atoms with E-state index < -0.39 is 0 Å². The van der Waals surface area contributed by atoms with Crippen LogP contribution in [0.1, 0.15) is 42.2 Å². The van der Waals surface area contributed by atoms with Gasteiger partial charge in [0, 0.05) is 23.9 Å². The number of carbonyl (C=O) groups excluding carboxylic acids is 1. The number of aromatic nitrogens is 1. The normalized spacial score (nSPS) is 15.1. The van der Waals surface area contributed by atoms with Crippen LogP contribution < -0.4 is 0 Å². The van der Waals surface area contributed by atoms with Gasteiger partial charge in [-0.15, -0.1) is 0 Å². The molecule has 0 unspecified atom stereocenters. The van der Waals surface area contributed by atoms with Crippen molar-refractivity contribution in [3.05, 3.63) is 35.5 Å². The van der Waals surface area contributed by atoms with Crippen LogP contribution in [0.2, 0.25) is 0 Å². The molecule has 2 heteroatoms. The van der Waals surface area contributed by atoms with Crippen molar-refractivity contribution in [1.82, 2.24) is 4.57 Å². The lowest BCUT2D eigenvalue weighted by Crippen LogP contribution is -1.99. The molecule has 0 radical (unpaired) electrons. The van der Waals surface area contributed by atoms with Crippen molar-refractivity contribution in [2.45, 2.75) is 32.7 Å². The third kappa shape index (κ3) is 1.10. The van der Waals surface area contributed by atoms with Gasteiger partial charge in [-0.1, -0.05) is 32.0 Å². The summed E-state index contributed by atoms with van der Waals surface area (Å²) in [5, 5.41) is 1.25. The Balaban J connectivity index is 2.46. The maximum Gasteiger partial charge on any atom is 0.181 e. The van der Waals surface area contributed by atoms with E-state index in [0.29, 0.717) is 18.1 Å². The van der Waals surface area contributed by atoms with Gasteiger partial charge in [0.05, 0.1) is 5.69 Å². The first kappa shape index (κ1) is 9.64. The molecule has 0 fully saturated rings. The standard InChI is InChI=1S/C14H15NO/c1-9(2)13-10-5-3-4-6-11(10)15-8-7-12(16)14(13)15/h3-6,9H,7-8H2,1-2H3. The van der Waals surface area contributed by atoms with Gasteiger partial charge in [0.25, 0.3) is 0 Å². The molecule has 1 aliphatic heterocycles. The van der Waals surface area contributed by atoms with Crippen molar-refractivity contribution in [3.8, 4) is 0 Å². The zero-order chi connectivity index (χ0) is 11.3. The topological polar surface area (TPSA) is 22.0 Å². The maximum atomic E-state index is 11.9. The second-order valence-corrected chi connectivity index (χ2v) is 4.76. The van der Waals surface area contributed by atoms with Crippen LogP contribution in [-0.4, -0.2) is 10.4 Å². The molecule has 0 saturated heterocycles. The summed E-state index contributed by atoms with van der Waals surface area (Å²) in [5.41, 5.74) is 3.40.